The summed E-state index contributed by atoms with van der Waals surface area (Å²) in [7, 11) is 0. The molecule has 1 aliphatic carbocycles. The topological polar surface area (TPSA) is 78.4 Å². The number of amides is 1. The Morgan fingerprint density at radius 2 is 2.06 bits per heavy atom. The SMILES string of the molecule is CC1CCNC1C(=O)NCC1(C(=O)O)CCCC1. The molecule has 3 N–H and O–H groups in total. The summed E-state index contributed by atoms with van der Waals surface area (Å²) < 4.78 is 0. The molecule has 102 valence electrons. The normalized spacial score (nSPS) is 30.3. The molecule has 2 fully saturated rings. The van der Waals surface area contributed by atoms with Gasteiger partial charge in [0.1, 0.15) is 0 Å². The number of carboxylic acid groups (broad SMARTS) is 1. The molecule has 0 radical (unpaired) electrons. The lowest BCUT2D eigenvalue weighted by atomic mass is 9.86. The van der Waals surface area contributed by atoms with Crippen molar-refractivity contribution in [1.29, 1.82) is 0 Å². The average Bonchev–Trinajstić information content (AvgIpc) is 2.95. The van der Waals surface area contributed by atoms with Gasteiger partial charge < -0.3 is 15.7 Å². The van der Waals surface area contributed by atoms with Crippen molar-refractivity contribution in [3.8, 4) is 0 Å². The third-order valence-corrected chi connectivity index (χ3v) is 4.43. The monoisotopic (exact) mass is 254 g/mol. The molecule has 0 spiro atoms. The van der Waals surface area contributed by atoms with Crippen LogP contribution < -0.4 is 10.6 Å². The first-order valence-corrected chi connectivity index (χ1v) is 6.80. The van der Waals surface area contributed by atoms with Gasteiger partial charge in [0.05, 0.1) is 11.5 Å². The first kappa shape index (κ1) is 13.3. The third kappa shape index (κ3) is 2.51. The van der Waals surface area contributed by atoms with E-state index in [0.29, 0.717) is 18.8 Å². The largest absolute Gasteiger partial charge is 0.481 e. The summed E-state index contributed by atoms with van der Waals surface area (Å²) in [6.07, 6.45) is 4.25. The van der Waals surface area contributed by atoms with Crippen LogP contribution in [0.25, 0.3) is 0 Å². The Kier molecular flexibility index (Phi) is 3.90. The van der Waals surface area contributed by atoms with Crippen molar-refractivity contribution in [1.82, 2.24) is 10.6 Å². The number of carboxylic acids is 1. The molecule has 2 aliphatic rings. The molecule has 0 aromatic rings. The molecule has 2 atom stereocenters. The Balaban J connectivity index is 1.90. The number of hydrogen-bond donors (Lipinski definition) is 3. The maximum absolute atomic E-state index is 12.0. The molecule has 1 saturated carbocycles. The Bertz CT molecular complexity index is 337. The van der Waals surface area contributed by atoms with Crippen LogP contribution in [-0.4, -0.2) is 36.1 Å². The van der Waals surface area contributed by atoms with E-state index in [1.807, 2.05) is 6.92 Å². The summed E-state index contributed by atoms with van der Waals surface area (Å²) in [4.78, 5) is 23.4. The second kappa shape index (κ2) is 5.26. The van der Waals surface area contributed by atoms with Crippen LogP contribution in [0.2, 0.25) is 0 Å². The fraction of sp³-hybridized carbons (Fsp3) is 0.846. The summed E-state index contributed by atoms with van der Waals surface area (Å²) >= 11 is 0. The van der Waals surface area contributed by atoms with E-state index >= 15 is 0 Å². The van der Waals surface area contributed by atoms with Crippen LogP contribution in [0.15, 0.2) is 0 Å². The highest BCUT2D eigenvalue weighted by Crippen LogP contribution is 2.37. The lowest BCUT2D eigenvalue weighted by molar-refractivity contribution is -0.148. The van der Waals surface area contributed by atoms with Crippen LogP contribution >= 0.6 is 0 Å². The number of carbonyl (C=O) groups is 2. The standard InChI is InChI=1S/C13H22N2O3/c1-9-4-7-14-10(9)11(16)15-8-13(12(17)18)5-2-3-6-13/h9-10,14H,2-8H2,1H3,(H,15,16)(H,17,18). The van der Waals surface area contributed by atoms with Crippen LogP contribution in [-0.2, 0) is 9.59 Å². The molecule has 1 aliphatic heterocycles. The van der Waals surface area contributed by atoms with Crippen LogP contribution in [0.1, 0.15) is 39.0 Å². The van der Waals surface area contributed by atoms with Crippen molar-refractivity contribution in [2.24, 2.45) is 11.3 Å². The molecule has 1 saturated heterocycles. The van der Waals surface area contributed by atoms with E-state index < -0.39 is 11.4 Å². The van der Waals surface area contributed by atoms with Crippen LogP contribution in [0.5, 0.6) is 0 Å². The van der Waals surface area contributed by atoms with E-state index in [-0.39, 0.29) is 18.5 Å². The Morgan fingerprint density at radius 3 is 2.56 bits per heavy atom. The number of carbonyl (C=O) groups excluding carboxylic acids is 1. The van der Waals surface area contributed by atoms with Gasteiger partial charge in [-0.2, -0.15) is 0 Å². The van der Waals surface area contributed by atoms with E-state index in [1.165, 1.54) is 0 Å². The van der Waals surface area contributed by atoms with E-state index in [1.54, 1.807) is 0 Å². The molecular weight excluding hydrogens is 232 g/mol. The fourth-order valence-corrected chi connectivity index (χ4v) is 3.07. The number of nitrogens with one attached hydrogen (secondary N) is 2. The first-order chi connectivity index (χ1) is 8.55. The molecule has 5 heteroatoms. The number of rotatable bonds is 4. The van der Waals surface area contributed by atoms with Gasteiger partial charge in [-0.25, -0.2) is 0 Å². The summed E-state index contributed by atoms with van der Waals surface area (Å²) in [6.45, 7) is 3.18. The van der Waals surface area contributed by atoms with Crippen molar-refractivity contribution in [2.75, 3.05) is 13.1 Å². The van der Waals surface area contributed by atoms with Crippen LogP contribution in [0.3, 0.4) is 0 Å². The van der Waals surface area contributed by atoms with Crippen molar-refractivity contribution < 1.29 is 14.7 Å². The van der Waals surface area contributed by atoms with Gasteiger partial charge in [-0.1, -0.05) is 19.8 Å². The van der Waals surface area contributed by atoms with Crippen LogP contribution in [0.4, 0.5) is 0 Å². The summed E-state index contributed by atoms with van der Waals surface area (Å²) in [5.41, 5.74) is -0.725. The Labute approximate surface area is 107 Å². The van der Waals surface area contributed by atoms with E-state index in [0.717, 1.165) is 25.8 Å². The predicted octanol–water partition coefficient (Wildman–Crippen LogP) is 0.746. The van der Waals surface area contributed by atoms with E-state index in [2.05, 4.69) is 10.6 Å². The third-order valence-electron chi connectivity index (χ3n) is 4.43. The minimum atomic E-state index is -0.771. The Hall–Kier alpha value is -1.10. The summed E-state index contributed by atoms with van der Waals surface area (Å²) in [6, 6.07) is -0.155. The fourth-order valence-electron chi connectivity index (χ4n) is 3.07. The molecular formula is C13H22N2O3. The van der Waals surface area contributed by atoms with Crippen molar-refractivity contribution in [3.63, 3.8) is 0 Å². The summed E-state index contributed by atoms with van der Waals surface area (Å²) in [5, 5.41) is 15.3. The lowest BCUT2D eigenvalue weighted by Gasteiger charge is -2.25. The van der Waals surface area contributed by atoms with Crippen molar-refractivity contribution in [3.05, 3.63) is 0 Å². The zero-order valence-corrected chi connectivity index (χ0v) is 10.9. The quantitative estimate of drug-likeness (QED) is 0.691. The van der Waals surface area contributed by atoms with E-state index in [9.17, 15) is 14.7 Å². The zero-order valence-electron chi connectivity index (χ0n) is 10.9. The number of hydrogen-bond acceptors (Lipinski definition) is 3. The van der Waals surface area contributed by atoms with Crippen molar-refractivity contribution >= 4 is 11.9 Å². The first-order valence-electron chi connectivity index (χ1n) is 6.80. The highest BCUT2D eigenvalue weighted by atomic mass is 16.4. The smallest absolute Gasteiger partial charge is 0.311 e. The van der Waals surface area contributed by atoms with Crippen LogP contribution in [0, 0.1) is 11.3 Å². The van der Waals surface area contributed by atoms with Gasteiger partial charge >= 0.3 is 5.97 Å². The highest BCUT2D eigenvalue weighted by Gasteiger charge is 2.42. The second-order valence-corrected chi connectivity index (χ2v) is 5.71. The molecule has 0 aromatic heterocycles. The minimum absolute atomic E-state index is 0.0486. The minimum Gasteiger partial charge on any atom is -0.481 e. The lowest BCUT2D eigenvalue weighted by Crippen LogP contribution is -2.48. The molecule has 18 heavy (non-hydrogen) atoms. The molecule has 5 nitrogen and oxygen atoms in total. The predicted molar refractivity (Wildman–Crippen MR) is 67.1 cm³/mol. The van der Waals surface area contributed by atoms with Gasteiger partial charge in [0, 0.05) is 6.54 Å². The van der Waals surface area contributed by atoms with Gasteiger partial charge in [0.25, 0.3) is 0 Å². The maximum Gasteiger partial charge on any atom is 0.311 e. The van der Waals surface area contributed by atoms with Gasteiger partial charge in [-0.15, -0.1) is 0 Å². The average molecular weight is 254 g/mol. The number of aliphatic carboxylic acids is 1. The molecule has 1 amide bonds. The maximum atomic E-state index is 12.0. The zero-order chi connectivity index (χ0) is 13.2. The molecule has 0 aromatic carbocycles. The van der Waals surface area contributed by atoms with E-state index in [4.69, 9.17) is 0 Å². The van der Waals surface area contributed by atoms with Gasteiger partial charge in [0.15, 0.2) is 0 Å². The van der Waals surface area contributed by atoms with Gasteiger partial charge in [-0.05, 0) is 31.7 Å². The van der Waals surface area contributed by atoms with Gasteiger partial charge in [0.2, 0.25) is 5.91 Å². The summed E-state index contributed by atoms with van der Waals surface area (Å²) in [5.74, 6) is -0.491. The molecule has 0 bridgehead atoms. The second-order valence-electron chi connectivity index (χ2n) is 5.71. The Morgan fingerprint density at radius 1 is 1.39 bits per heavy atom. The van der Waals surface area contributed by atoms with Gasteiger partial charge in [-0.3, -0.25) is 9.59 Å². The molecule has 1 heterocycles. The molecule has 2 unspecified atom stereocenters. The highest BCUT2D eigenvalue weighted by molar-refractivity contribution is 5.83. The molecule has 2 rings (SSSR count). The van der Waals surface area contributed by atoms with Crippen molar-refractivity contribution in [2.45, 2.75) is 45.1 Å².